The average Bonchev–Trinajstić information content (AvgIpc) is 2.26. The Balaban J connectivity index is 2.38. The molecular formula is C11H13FN2O. The van der Waals surface area contributed by atoms with Crippen molar-refractivity contribution in [3.05, 3.63) is 29.6 Å². The maximum absolute atomic E-state index is 13.0. The Morgan fingerprint density at radius 2 is 2.33 bits per heavy atom. The number of nitrogens with zero attached hydrogens (tertiary/aromatic N) is 1. The molecule has 1 amide bonds. The third-order valence-corrected chi connectivity index (χ3v) is 2.64. The van der Waals surface area contributed by atoms with Crippen molar-refractivity contribution < 1.29 is 9.18 Å². The number of aryl methyl sites for hydroxylation is 1. The highest BCUT2D eigenvalue weighted by atomic mass is 19.1. The molecular weight excluding hydrogens is 195 g/mol. The number of amides is 1. The Morgan fingerprint density at radius 1 is 1.53 bits per heavy atom. The molecule has 2 N–H and O–H groups in total. The molecule has 1 aromatic carbocycles. The van der Waals surface area contributed by atoms with E-state index in [9.17, 15) is 9.18 Å². The Hall–Kier alpha value is -1.42. The zero-order valence-electron chi connectivity index (χ0n) is 8.37. The lowest BCUT2D eigenvalue weighted by molar-refractivity contribution is -0.117. The van der Waals surface area contributed by atoms with Gasteiger partial charge in [-0.15, -0.1) is 0 Å². The van der Waals surface area contributed by atoms with Crippen LogP contribution in [-0.2, 0) is 11.2 Å². The van der Waals surface area contributed by atoms with Gasteiger partial charge < -0.3 is 10.6 Å². The molecule has 3 nitrogen and oxygen atoms in total. The minimum atomic E-state index is -0.254. The van der Waals surface area contributed by atoms with Crippen molar-refractivity contribution in [3.8, 4) is 0 Å². The van der Waals surface area contributed by atoms with Crippen LogP contribution in [0.15, 0.2) is 18.2 Å². The fourth-order valence-corrected chi connectivity index (χ4v) is 1.93. The molecule has 0 saturated carbocycles. The van der Waals surface area contributed by atoms with Crippen LogP contribution < -0.4 is 10.6 Å². The van der Waals surface area contributed by atoms with Gasteiger partial charge in [0, 0.05) is 12.2 Å². The molecule has 0 saturated heterocycles. The van der Waals surface area contributed by atoms with E-state index in [1.165, 1.54) is 12.1 Å². The van der Waals surface area contributed by atoms with Gasteiger partial charge >= 0.3 is 0 Å². The summed E-state index contributed by atoms with van der Waals surface area (Å²) >= 11 is 0. The minimum absolute atomic E-state index is 0.00316. The van der Waals surface area contributed by atoms with Crippen LogP contribution >= 0.6 is 0 Å². The maximum Gasteiger partial charge on any atom is 0.240 e. The summed E-state index contributed by atoms with van der Waals surface area (Å²) in [6.07, 6.45) is 1.68. The number of carbonyl (C=O) groups excluding carboxylic acids is 1. The first kappa shape index (κ1) is 10.1. The van der Waals surface area contributed by atoms with Gasteiger partial charge in [0.15, 0.2) is 0 Å². The lowest BCUT2D eigenvalue weighted by atomic mass is 10.0. The zero-order valence-corrected chi connectivity index (χ0v) is 8.37. The van der Waals surface area contributed by atoms with Crippen LogP contribution in [0, 0.1) is 5.82 Å². The van der Waals surface area contributed by atoms with Gasteiger partial charge in [-0.2, -0.15) is 0 Å². The van der Waals surface area contributed by atoms with Crippen molar-refractivity contribution in [1.82, 2.24) is 0 Å². The van der Waals surface area contributed by atoms with Gasteiger partial charge in [-0.3, -0.25) is 4.79 Å². The second-order valence-corrected chi connectivity index (χ2v) is 3.63. The van der Waals surface area contributed by atoms with E-state index >= 15 is 0 Å². The number of halogens is 1. The van der Waals surface area contributed by atoms with Gasteiger partial charge in [0.1, 0.15) is 5.82 Å². The predicted molar refractivity (Wildman–Crippen MR) is 56.1 cm³/mol. The van der Waals surface area contributed by atoms with Gasteiger partial charge in [0.25, 0.3) is 0 Å². The van der Waals surface area contributed by atoms with Crippen molar-refractivity contribution in [2.75, 3.05) is 18.0 Å². The summed E-state index contributed by atoms with van der Waals surface area (Å²) in [4.78, 5) is 13.2. The molecule has 0 atom stereocenters. The van der Waals surface area contributed by atoms with Gasteiger partial charge in [-0.1, -0.05) is 0 Å². The summed E-state index contributed by atoms with van der Waals surface area (Å²) in [5, 5.41) is 0. The molecule has 0 aliphatic carbocycles. The largest absolute Gasteiger partial charge is 0.322 e. The van der Waals surface area contributed by atoms with E-state index in [1.807, 2.05) is 0 Å². The first-order valence-electron chi connectivity index (χ1n) is 5.01. The van der Waals surface area contributed by atoms with Crippen molar-refractivity contribution in [1.29, 1.82) is 0 Å². The first-order chi connectivity index (χ1) is 7.22. The SMILES string of the molecule is NCC(=O)N1CCCc2cc(F)ccc21. The lowest BCUT2D eigenvalue weighted by Gasteiger charge is -2.29. The number of benzene rings is 1. The molecule has 2 rings (SSSR count). The zero-order chi connectivity index (χ0) is 10.8. The van der Waals surface area contributed by atoms with Crippen LogP contribution in [-0.4, -0.2) is 19.0 Å². The Morgan fingerprint density at radius 3 is 3.07 bits per heavy atom. The van der Waals surface area contributed by atoms with Gasteiger partial charge in [-0.05, 0) is 36.6 Å². The second-order valence-electron chi connectivity index (χ2n) is 3.63. The molecule has 80 valence electrons. The molecule has 1 heterocycles. The van der Waals surface area contributed by atoms with E-state index in [1.54, 1.807) is 11.0 Å². The molecule has 1 aliphatic rings. The third kappa shape index (κ3) is 1.85. The van der Waals surface area contributed by atoms with Gasteiger partial charge in [-0.25, -0.2) is 4.39 Å². The molecule has 4 heteroatoms. The molecule has 0 unspecified atom stereocenters. The molecule has 0 fully saturated rings. The number of carbonyl (C=O) groups is 1. The molecule has 0 radical (unpaired) electrons. The van der Waals surface area contributed by atoms with Crippen molar-refractivity contribution in [2.45, 2.75) is 12.8 Å². The van der Waals surface area contributed by atoms with E-state index in [0.29, 0.717) is 6.54 Å². The minimum Gasteiger partial charge on any atom is -0.322 e. The summed E-state index contributed by atoms with van der Waals surface area (Å²) in [6, 6.07) is 4.52. The van der Waals surface area contributed by atoms with Crippen LogP contribution in [0.4, 0.5) is 10.1 Å². The highest BCUT2D eigenvalue weighted by molar-refractivity contribution is 5.95. The van der Waals surface area contributed by atoms with Crippen LogP contribution in [0.25, 0.3) is 0 Å². The first-order valence-corrected chi connectivity index (χ1v) is 5.01. The Labute approximate surface area is 87.7 Å². The van der Waals surface area contributed by atoms with E-state index in [2.05, 4.69) is 0 Å². The number of anilines is 1. The number of hydrogen-bond acceptors (Lipinski definition) is 2. The van der Waals surface area contributed by atoms with Gasteiger partial charge in [0.05, 0.1) is 6.54 Å². The van der Waals surface area contributed by atoms with E-state index in [0.717, 1.165) is 24.1 Å². The molecule has 15 heavy (non-hydrogen) atoms. The van der Waals surface area contributed by atoms with Crippen LogP contribution in [0.5, 0.6) is 0 Å². The van der Waals surface area contributed by atoms with E-state index in [-0.39, 0.29) is 18.3 Å². The van der Waals surface area contributed by atoms with Crippen LogP contribution in [0.1, 0.15) is 12.0 Å². The quantitative estimate of drug-likeness (QED) is 0.750. The van der Waals surface area contributed by atoms with Crippen LogP contribution in [0.3, 0.4) is 0 Å². The second kappa shape index (κ2) is 3.98. The van der Waals surface area contributed by atoms with Gasteiger partial charge in [0.2, 0.25) is 5.91 Å². The summed E-state index contributed by atoms with van der Waals surface area (Å²) in [5.41, 5.74) is 7.02. The van der Waals surface area contributed by atoms with E-state index < -0.39 is 0 Å². The highest BCUT2D eigenvalue weighted by Gasteiger charge is 2.21. The summed E-state index contributed by atoms with van der Waals surface area (Å²) in [6.45, 7) is 0.672. The predicted octanol–water partition coefficient (Wildman–Crippen LogP) is 1.06. The molecule has 1 aromatic rings. The van der Waals surface area contributed by atoms with Crippen molar-refractivity contribution >= 4 is 11.6 Å². The summed E-state index contributed by atoms with van der Waals surface area (Å²) in [7, 11) is 0. The average molecular weight is 208 g/mol. The third-order valence-electron chi connectivity index (χ3n) is 2.64. The molecule has 1 aliphatic heterocycles. The monoisotopic (exact) mass is 208 g/mol. The van der Waals surface area contributed by atoms with Crippen molar-refractivity contribution in [2.24, 2.45) is 5.73 Å². The van der Waals surface area contributed by atoms with Crippen LogP contribution in [0.2, 0.25) is 0 Å². The van der Waals surface area contributed by atoms with E-state index in [4.69, 9.17) is 5.73 Å². The number of nitrogens with two attached hydrogens (primary N) is 1. The summed E-state index contributed by atoms with van der Waals surface area (Å²) in [5.74, 6) is -0.363. The molecule has 0 aromatic heterocycles. The molecule has 0 bridgehead atoms. The molecule has 0 spiro atoms. The number of hydrogen-bond donors (Lipinski definition) is 1. The Bertz CT molecular complexity index is 392. The fourth-order valence-electron chi connectivity index (χ4n) is 1.93. The summed E-state index contributed by atoms with van der Waals surface area (Å²) < 4.78 is 13.0. The lowest BCUT2D eigenvalue weighted by Crippen LogP contribution is -2.39. The standard InChI is InChI=1S/C11H13FN2O/c12-9-3-4-10-8(6-9)2-1-5-14(10)11(15)7-13/h3-4,6H,1-2,5,7,13H2. The normalized spacial score (nSPS) is 14.9. The van der Waals surface area contributed by atoms with Crippen molar-refractivity contribution in [3.63, 3.8) is 0 Å². The Kier molecular flexibility index (Phi) is 2.68. The maximum atomic E-state index is 13.0. The fraction of sp³-hybridized carbons (Fsp3) is 0.364. The highest BCUT2D eigenvalue weighted by Crippen LogP contribution is 2.27. The number of fused-ring (bicyclic) bond motifs is 1. The topological polar surface area (TPSA) is 46.3 Å². The smallest absolute Gasteiger partial charge is 0.240 e. The number of rotatable bonds is 1.